The van der Waals surface area contributed by atoms with Gasteiger partial charge in [0, 0.05) is 78.6 Å². The van der Waals surface area contributed by atoms with Crippen molar-refractivity contribution in [2.45, 2.75) is 65.2 Å². The molecule has 14 heteroatoms. The van der Waals surface area contributed by atoms with Crippen LogP contribution in [0.2, 0.25) is 10.0 Å². The SMILES string of the molecule is C=C1C=C(NCCCCCCNC(=O)c2ccc(-c3ccc(C(=O)NCCCCCCNc4cc5c(cc4C)nc4cc(Cl)c(N)cc4[n+]5-c4ccccc4)cc3)cc2)C(C)=CC1=Nc1cc(Cl)c(N)cc1Nc1ccccc1. The summed E-state index contributed by atoms with van der Waals surface area (Å²) in [6.45, 7) is 11.3. The van der Waals surface area contributed by atoms with Gasteiger partial charge >= 0.3 is 0 Å². The zero-order valence-corrected chi connectivity index (χ0v) is 46.3. The number of anilines is 5. The molecule has 1 aliphatic rings. The number of allylic oxidation sites excluding steroid dienone is 4. The molecule has 0 aliphatic heterocycles. The zero-order chi connectivity index (χ0) is 55.3. The number of aryl methyl sites for hydroxylation is 1. The van der Waals surface area contributed by atoms with Crippen molar-refractivity contribution >= 4 is 96.9 Å². The Labute approximate surface area is 472 Å². The van der Waals surface area contributed by atoms with Crippen LogP contribution >= 0.6 is 23.2 Å². The van der Waals surface area contributed by atoms with E-state index in [1.165, 1.54) is 0 Å². The molecule has 8 aromatic rings. The van der Waals surface area contributed by atoms with E-state index in [1.54, 1.807) is 12.1 Å². The van der Waals surface area contributed by atoms with E-state index in [9.17, 15) is 9.59 Å². The van der Waals surface area contributed by atoms with Gasteiger partial charge in [0.2, 0.25) is 16.7 Å². The molecule has 9 N–H and O–H groups in total. The first-order chi connectivity index (χ1) is 38.4. The predicted molar refractivity (Wildman–Crippen MR) is 329 cm³/mol. The lowest BCUT2D eigenvalue weighted by Gasteiger charge is -2.19. The number of hydrogen-bond acceptors (Lipinski definition) is 9. The molecular weight excluding hydrogens is 1020 g/mol. The van der Waals surface area contributed by atoms with E-state index in [1.807, 2.05) is 121 Å². The number of rotatable bonds is 23. The molecule has 7 aromatic carbocycles. The van der Waals surface area contributed by atoms with Gasteiger partial charge in [0.25, 0.3) is 11.8 Å². The Morgan fingerprint density at radius 3 is 1.73 bits per heavy atom. The number of hydrogen-bond donors (Lipinski definition) is 7. The first-order valence-electron chi connectivity index (χ1n) is 27.0. The molecule has 402 valence electrons. The number of halogens is 2. The summed E-state index contributed by atoms with van der Waals surface area (Å²) in [6, 6.07) is 46.8. The number of aliphatic imine (C=N–C) groups is 1. The summed E-state index contributed by atoms with van der Waals surface area (Å²) in [6.07, 6.45) is 11.9. The summed E-state index contributed by atoms with van der Waals surface area (Å²) >= 11 is 12.8. The number of fused-ring (bicyclic) bond motifs is 2. The lowest BCUT2D eigenvalue weighted by molar-refractivity contribution is -0.538. The monoisotopic (exact) mass is 1090 g/mol. The maximum Gasteiger partial charge on any atom is 0.251 e. The Kier molecular flexibility index (Phi) is 18.4. The van der Waals surface area contributed by atoms with Crippen LogP contribution < -0.4 is 42.6 Å². The minimum Gasteiger partial charge on any atom is -0.397 e. The topological polar surface area (TPSA) is 175 Å². The third-order valence-corrected chi connectivity index (χ3v) is 14.7. The van der Waals surface area contributed by atoms with Crippen LogP contribution in [-0.2, 0) is 0 Å². The van der Waals surface area contributed by atoms with E-state index in [0.29, 0.717) is 51.3 Å². The maximum atomic E-state index is 13.0. The molecule has 0 saturated heterocycles. The van der Waals surface area contributed by atoms with Crippen molar-refractivity contribution in [3.63, 3.8) is 0 Å². The van der Waals surface area contributed by atoms with Crippen molar-refractivity contribution in [1.29, 1.82) is 0 Å². The van der Waals surface area contributed by atoms with Crippen LogP contribution in [0.4, 0.5) is 34.1 Å². The minimum atomic E-state index is -0.0893. The number of nitrogens with zero attached hydrogens (tertiary/aromatic N) is 3. The molecule has 79 heavy (non-hydrogen) atoms. The van der Waals surface area contributed by atoms with E-state index >= 15 is 0 Å². The number of nitrogen functional groups attached to an aromatic ring is 2. The van der Waals surface area contributed by atoms with Gasteiger partial charge in [0.05, 0.1) is 38.5 Å². The van der Waals surface area contributed by atoms with Crippen molar-refractivity contribution in [2.24, 2.45) is 4.99 Å². The number of nitrogens with two attached hydrogens (primary N) is 2. The molecule has 0 radical (unpaired) electrons. The highest BCUT2D eigenvalue weighted by Crippen LogP contribution is 2.37. The van der Waals surface area contributed by atoms with Crippen molar-refractivity contribution in [3.8, 4) is 16.8 Å². The van der Waals surface area contributed by atoms with Crippen LogP contribution in [0.1, 0.15) is 84.6 Å². The van der Waals surface area contributed by atoms with Crippen LogP contribution in [0, 0.1) is 6.92 Å². The highest BCUT2D eigenvalue weighted by Gasteiger charge is 2.23. The summed E-state index contributed by atoms with van der Waals surface area (Å²) in [5.74, 6) is -0.176. The van der Waals surface area contributed by atoms with Gasteiger partial charge in [-0.2, -0.15) is 0 Å². The average molecular weight is 1090 g/mol. The molecule has 1 aromatic heterocycles. The molecule has 1 aliphatic carbocycles. The molecule has 9 rings (SSSR count). The number of amides is 2. The number of benzene rings is 7. The Morgan fingerprint density at radius 2 is 1.11 bits per heavy atom. The normalized spacial score (nSPS) is 12.8. The number of para-hydroxylation sites is 2. The van der Waals surface area contributed by atoms with Gasteiger partial charge in [-0.05, 0) is 140 Å². The Balaban J connectivity index is 0.645. The van der Waals surface area contributed by atoms with E-state index < -0.39 is 0 Å². The lowest BCUT2D eigenvalue weighted by atomic mass is 9.99. The number of nitrogens with one attached hydrogen (secondary N) is 5. The van der Waals surface area contributed by atoms with Crippen molar-refractivity contribution in [3.05, 3.63) is 208 Å². The van der Waals surface area contributed by atoms with Crippen LogP contribution in [0.5, 0.6) is 0 Å². The molecule has 0 atom stereocenters. The number of carbonyl (C=O) groups excluding carboxylic acids is 2. The van der Waals surface area contributed by atoms with Gasteiger partial charge in [0.15, 0.2) is 0 Å². The minimum absolute atomic E-state index is 0.0869. The number of unbranched alkanes of at least 4 members (excludes halogenated alkanes) is 6. The second-order valence-corrected chi connectivity index (χ2v) is 20.8. The van der Waals surface area contributed by atoms with Crippen molar-refractivity contribution < 1.29 is 14.2 Å². The van der Waals surface area contributed by atoms with Gasteiger partial charge < -0.3 is 38.1 Å². The first-order valence-corrected chi connectivity index (χ1v) is 27.8. The van der Waals surface area contributed by atoms with E-state index in [4.69, 9.17) is 44.6 Å². The fraction of sp³-hybridized carbons (Fsp3) is 0.215. The third kappa shape index (κ3) is 14.2. The predicted octanol–water partition coefficient (Wildman–Crippen LogP) is 14.3. The molecule has 0 fully saturated rings. The molecule has 1 heterocycles. The maximum absolute atomic E-state index is 13.0. The van der Waals surface area contributed by atoms with Crippen LogP contribution in [0.15, 0.2) is 186 Å². The Hall–Kier alpha value is -8.45. The first kappa shape index (κ1) is 55.3. The largest absolute Gasteiger partial charge is 0.397 e. The number of carbonyl (C=O) groups is 2. The molecule has 0 bridgehead atoms. The standard InChI is InChI=1S/C65H66Cl2N10O2/c1-42-35-57(75-58-37-51(66)53(68)39-59(58)74-49-18-10-8-11-19-49)44(3)34-55(42)70-30-14-4-6-16-32-72-64(78)47-26-22-45(23-27-47)46-24-28-48(29-25-46)65(79)73-33-17-7-5-15-31-71-56-41-63-60(36-43(56)2)76-61-38-52(67)54(69)40-62(61)77(63)50-20-12-9-13-21-50/h8-13,18-29,34-41,70,74H,3-7,14-17,30-33,68H2,1-2H3,(H4,69,71,72,73,78,79)/p+1. The highest BCUT2D eigenvalue weighted by molar-refractivity contribution is 6.34. The fourth-order valence-corrected chi connectivity index (χ4v) is 9.91. The summed E-state index contributed by atoms with van der Waals surface area (Å²) < 4.78 is 2.19. The Bertz CT molecular complexity index is 3600. The van der Waals surface area contributed by atoms with E-state index in [2.05, 4.69) is 75.8 Å². The molecule has 2 amide bonds. The van der Waals surface area contributed by atoms with Gasteiger partial charge in [-0.15, -0.1) is 4.57 Å². The van der Waals surface area contributed by atoms with Crippen LogP contribution in [0.3, 0.4) is 0 Å². The molecule has 0 spiro atoms. The zero-order valence-electron chi connectivity index (χ0n) is 44.8. The highest BCUT2D eigenvalue weighted by atomic mass is 35.5. The average Bonchev–Trinajstić information content (AvgIpc) is 3.46. The van der Waals surface area contributed by atoms with Gasteiger partial charge in [0.1, 0.15) is 11.0 Å². The smallest absolute Gasteiger partial charge is 0.251 e. The third-order valence-electron chi connectivity index (χ3n) is 14.0. The van der Waals surface area contributed by atoms with Gasteiger partial charge in [-0.25, -0.2) is 9.98 Å². The number of aromatic nitrogens is 2. The summed E-state index contributed by atoms with van der Waals surface area (Å²) in [4.78, 5) is 35.9. The second kappa shape index (κ2) is 26.3. The van der Waals surface area contributed by atoms with E-state index in [0.717, 1.165) is 149 Å². The van der Waals surface area contributed by atoms with Crippen molar-refractivity contribution in [1.82, 2.24) is 20.9 Å². The summed E-state index contributed by atoms with van der Waals surface area (Å²) in [5.41, 5.74) is 29.3. The summed E-state index contributed by atoms with van der Waals surface area (Å²) in [5, 5.41) is 17.7. The molecule has 0 unspecified atom stereocenters. The quantitative estimate of drug-likeness (QED) is 0.0143. The van der Waals surface area contributed by atoms with Gasteiger partial charge in [-0.3, -0.25) is 9.59 Å². The fourth-order valence-electron chi connectivity index (χ4n) is 9.59. The molecule has 0 saturated carbocycles. The lowest BCUT2D eigenvalue weighted by Crippen LogP contribution is -2.33. The van der Waals surface area contributed by atoms with E-state index in [-0.39, 0.29) is 11.8 Å². The van der Waals surface area contributed by atoms with Crippen LogP contribution in [-0.4, -0.2) is 48.7 Å². The molecule has 12 nitrogen and oxygen atoms in total. The van der Waals surface area contributed by atoms with Crippen LogP contribution in [0.25, 0.3) is 38.9 Å². The van der Waals surface area contributed by atoms with Gasteiger partial charge in [-0.1, -0.05) is 116 Å². The van der Waals surface area contributed by atoms with Crippen molar-refractivity contribution in [2.75, 3.05) is 48.3 Å². The second-order valence-electron chi connectivity index (χ2n) is 19.9. The molecular formula is C65H67Cl2N10O2+. The Morgan fingerprint density at radius 1 is 0.582 bits per heavy atom. The summed E-state index contributed by atoms with van der Waals surface area (Å²) in [7, 11) is 0.